The zero-order valence-corrected chi connectivity index (χ0v) is 12.9. The molecule has 1 amide bonds. The first-order valence-electron chi connectivity index (χ1n) is 6.67. The van der Waals surface area contributed by atoms with Crippen LogP contribution in [0.15, 0.2) is 42.6 Å². The number of halogens is 1. The number of aryl methyl sites for hydroxylation is 1. The molecule has 114 valence electrons. The van der Waals surface area contributed by atoms with Crippen LogP contribution in [0.4, 0.5) is 5.69 Å². The fourth-order valence-electron chi connectivity index (χ4n) is 1.76. The summed E-state index contributed by atoms with van der Waals surface area (Å²) >= 11 is 5.82. The van der Waals surface area contributed by atoms with E-state index in [2.05, 4.69) is 10.3 Å². The third kappa shape index (κ3) is 3.83. The number of aromatic nitrogens is 1. The van der Waals surface area contributed by atoms with E-state index in [1.54, 1.807) is 12.1 Å². The van der Waals surface area contributed by atoms with E-state index in [0.717, 1.165) is 5.56 Å². The lowest BCUT2D eigenvalue weighted by molar-refractivity contribution is -0.123. The molecule has 0 aliphatic carbocycles. The van der Waals surface area contributed by atoms with Crippen molar-refractivity contribution in [1.82, 2.24) is 4.98 Å². The fourth-order valence-corrected chi connectivity index (χ4v) is 1.96. The molecule has 0 radical (unpaired) electrons. The fraction of sp³-hybridized carbons (Fsp3) is 0.188. The lowest BCUT2D eigenvalue weighted by Gasteiger charge is -2.14. The summed E-state index contributed by atoms with van der Waals surface area (Å²) in [7, 11) is 0. The van der Waals surface area contributed by atoms with Crippen molar-refractivity contribution in [2.75, 3.05) is 5.32 Å². The molecule has 1 heterocycles. The van der Waals surface area contributed by atoms with Gasteiger partial charge in [0.15, 0.2) is 6.10 Å². The Morgan fingerprint density at radius 3 is 2.64 bits per heavy atom. The number of esters is 1. The molecule has 0 saturated carbocycles. The van der Waals surface area contributed by atoms with Crippen LogP contribution in [0, 0.1) is 6.92 Å². The van der Waals surface area contributed by atoms with E-state index in [4.69, 9.17) is 16.3 Å². The number of benzene rings is 1. The largest absolute Gasteiger partial charge is 0.449 e. The number of hydrogen-bond acceptors (Lipinski definition) is 4. The quantitative estimate of drug-likeness (QED) is 0.694. The molecule has 0 spiro atoms. The normalized spacial score (nSPS) is 11.6. The summed E-state index contributed by atoms with van der Waals surface area (Å²) in [5.41, 5.74) is 1.72. The molecule has 0 aliphatic rings. The number of carbonyl (C=O) groups is 2. The average Bonchev–Trinajstić information content (AvgIpc) is 2.49. The summed E-state index contributed by atoms with van der Waals surface area (Å²) in [5, 5.41) is 2.76. The number of ether oxygens (including phenoxy) is 1. The summed E-state index contributed by atoms with van der Waals surface area (Å²) in [6, 6.07) is 10.4. The molecule has 22 heavy (non-hydrogen) atoms. The molecule has 0 saturated heterocycles. The van der Waals surface area contributed by atoms with Crippen molar-refractivity contribution in [3.63, 3.8) is 0 Å². The van der Waals surface area contributed by atoms with Gasteiger partial charge in [0.1, 0.15) is 5.15 Å². The maximum atomic E-state index is 12.1. The van der Waals surface area contributed by atoms with Crippen LogP contribution >= 0.6 is 11.6 Å². The second-order valence-corrected chi connectivity index (χ2v) is 5.05. The summed E-state index contributed by atoms with van der Waals surface area (Å²) in [5.74, 6) is -1.10. The SMILES string of the molecule is Cc1ccccc1NC(=O)[C@@H](C)OC(=O)c1cccnc1Cl. The van der Waals surface area contributed by atoms with Gasteiger partial charge in [-0.25, -0.2) is 9.78 Å². The number of anilines is 1. The number of amides is 1. The number of hydrogen-bond donors (Lipinski definition) is 1. The van der Waals surface area contributed by atoms with Crippen molar-refractivity contribution < 1.29 is 14.3 Å². The number of nitrogens with zero attached hydrogens (tertiary/aromatic N) is 1. The Morgan fingerprint density at radius 2 is 1.95 bits per heavy atom. The minimum atomic E-state index is -0.955. The van der Waals surface area contributed by atoms with Gasteiger partial charge in [-0.3, -0.25) is 4.79 Å². The van der Waals surface area contributed by atoms with Gasteiger partial charge in [0.2, 0.25) is 0 Å². The summed E-state index contributed by atoms with van der Waals surface area (Å²) < 4.78 is 5.12. The standard InChI is InChI=1S/C16H15ClN2O3/c1-10-6-3-4-8-13(10)19-15(20)11(2)22-16(21)12-7-5-9-18-14(12)17/h3-9,11H,1-2H3,(H,19,20)/t11-/m1/s1. The third-order valence-corrected chi connectivity index (χ3v) is 3.34. The minimum Gasteiger partial charge on any atom is -0.449 e. The van der Waals surface area contributed by atoms with Crippen LogP contribution in [-0.2, 0) is 9.53 Å². The first-order chi connectivity index (χ1) is 10.5. The van der Waals surface area contributed by atoms with Crippen LogP contribution in [0.25, 0.3) is 0 Å². The molecule has 6 heteroatoms. The molecule has 1 aromatic heterocycles. The Labute approximate surface area is 133 Å². The number of carbonyl (C=O) groups excluding carboxylic acids is 2. The number of para-hydroxylation sites is 1. The summed E-state index contributed by atoms with van der Waals surface area (Å²) in [6.07, 6.45) is 0.510. The molecule has 0 aliphatic heterocycles. The number of nitrogens with one attached hydrogen (secondary N) is 1. The van der Waals surface area contributed by atoms with Crippen LogP contribution in [-0.4, -0.2) is 23.0 Å². The highest BCUT2D eigenvalue weighted by Crippen LogP contribution is 2.16. The molecule has 5 nitrogen and oxygen atoms in total. The topological polar surface area (TPSA) is 68.3 Å². The van der Waals surface area contributed by atoms with Gasteiger partial charge in [0, 0.05) is 11.9 Å². The van der Waals surface area contributed by atoms with Gasteiger partial charge >= 0.3 is 5.97 Å². The van der Waals surface area contributed by atoms with Crippen molar-refractivity contribution in [2.24, 2.45) is 0 Å². The van der Waals surface area contributed by atoms with Gasteiger partial charge in [0.05, 0.1) is 5.56 Å². The lowest BCUT2D eigenvalue weighted by atomic mass is 10.2. The van der Waals surface area contributed by atoms with E-state index in [-0.39, 0.29) is 10.7 Å². The van der Waals surface area contributed by atoms with E-state index in [1.165, 1.54) is 19.2 Å². The first-order valence-corrected chi connectivity index (χ1v) is 7.05. The van der Waals surface area contributed by atoms with E-state index in [1.807, 2.05) is 25.1 Å². The maximum absolute atomic E-state index is 12.1. The molecule has 0 bridgehead atoms. The Bertz CT molecular complexity index is 703. The van der Waals surface area contributed by atoms with Gasteiger partial charge in [0.25, 0.3) is 5.91 Å². The van der Waals surface area contributed by atoms with Crippen LogP contribution in [0.2, 0.25) is 5.15 Å². The van der Waals surface area contributed by atoms with Crippen molar-refractivity contribution in [3.8, 4) is 0 Å². The zero-order valence-electron chi connectivity index (χ0n) is 12.2. The second kappa shape index (κ2) is 7.04. The van der Waals surface area contributed by atoms with Crippen molar-refractivity contribution in [2.45, 2.75) is 20.0 Å². The maximum Gasteiger partial charge on any atom is 0.342 e. The second-order valence-electron chi connectivity index (χ2n) is 4.69. The number of pyridine rings is 1. The predicted molar refractivity (Wildman–Crippen MR) is 83.9 cm³/mol. The molecule has 2 aromatic rings. The van der Waals surface area contributed by atoms with Crippen LogP contribution in [0.3, 0.4) is 0 Å². The smallest absolute Gasteiger partial charge is 0.342 e. The predicted octanol–water partition coefficient (Wildman–Crippen LogP) is 3.23. The third-order valence-electron chi connectivity index (χ3n) is 3.03. The highest BCUT2D eigenvalue weighted by Gasteiger charge is 2.21. The first kappa shape index (κ1) is 16.0. The van der Waals surface area contributed by atoms with Crippen LogP contribution in [0.1, 0.15) is 22.8 Å². The molecule has 1 N–H and O–H groups in total. The Hall–Kier alpha value is -2.40. The van der Waals surface area contributed by atoms with Gasteiger partial charge in [-0.1, -0.05) is 29.8 Å². The Balaban J connectivity index is 2.01. The molecule has 0 unspecified atom stereocenters. The van der Waals surface area contributed by atoms with Gasteiger partial charge in [-0.15, -0.1) is 0 Å². The van der Waals surface area contributed by atoms with Crippen LogP contribution in [0.5, 0.6) is 0 Å². The molecule has 2 rings (SSSR count). The van der Waals surface area contributed by atoms with Crippen molar-refractivity contribution >= 4 is 29.2 Å². The molecule has 1 atom stereocenters. The van der Waals surface area contributed by atoms with E-state index in [0.29, 0.717) is 5.69 Å². The van der Waals surface area contributed by atoms with Crippen LogP contribution < -0.4 is 5.32 Å². The highest BCUT2D eigenvalue weighted by molar-refractivity contribution is 6.32. The summed E-state index contributed by atoms with van der Waals surface area (Å²) in [6.45, 7) is 3.37. The van der Waals surface area contributed by atoms with E-state index < -0.39 is 18.0 Å². The van der Waals surface area contributed by atoms with E-state index >= 15 is 0 Å². The lowest BCUT2D eigenvalue weighted by Crippen LogP contribution is -2.30. The molecule has 1 aromatic carbocycles. The molecular formula is C16H15ClN2O3. The highest BCUT2D eigenvalue weighted by atomic mass is 35.5. The molecular weight excluding hydrogens is 304 g/mol. The minimum absolute atomic E-state index is 0.0408. The average molecular weight is 319 g/mol. The Morgan fingerprint density at radius 1 is 1.23 bits per heavy atom. The number of rotatable bonds is 4. The zero-order chi connectivity index (χ0) is 16.1. The van der Waals surface area contributed by atoms with Gasteiger partial charge < -0.3 is 10.1 Å². The van der Waals surface area contributed by atoms with Crippen molar-refractivity contribution in [1.29, 1.82) is 0 Å². The Kier molecular flexibility index (Phi) is 5.12. The monoisotopic (exact) mass is 318 g/mol. The van der Waals surface area contributed by atoms with E-state index in [9.17, 15) is 9.59 Å². The van der Waals surface area contributed by atoms with Gasteiger partial charge in [-0.2, -0.15) is 0 Å². The van der Waals surface area contributed by atoms with Gasteiger partial charge in [-0.05, 0) is 37.6 Å². The van der Waals surface area contributed by atoms with Crippen molar-refractivity contribution in [3.05, 3.63) is 58.9 Å². The molecule has 0 fully saturated rings. The summed E-state index contributed by atoms with van der Waals surface area (Å²) in [4.78, 5) is 27.8.